The van der Waals surface area contributed by atoms with E-state index in [0.29, 0.717) is 0 Å². The number of thiophene rings is 1. The Morgan fingerprint density at radius 2 is 1.88 bits per heavy atom. The van der Waals surface area contributed by atoms with Crippen LogP contribution in [0.25, 0.3) is 0 Å². The first-order chi connectivity index (χ1) is 11.3. The summed E-state index contributed by atoms with van der Waals surface area (Å²) in [4.78, 5) is 24.4. The summed E-state index contributed by atoms with van der Waals surface area (Å²) in [6.07, 6.45) is -4.47. The maximum Gasteiger partial charge on any atom is 0.416 e. The molecule has 1 aromatic carbocycles. The van der Waals surface area contributed by atoms with Gasteiger partial charge in [-0.2, -0.15) is 13.2 Å². The number of alkyl halides is 3. The predicted octanol–water partition coefficient (Wildman–Crippen LogP) is 3.80. The minimum absolute atomic E-state index is 0.0536. The highest BCUT2D eigenvalue weighted by Gasteiger charge is 2.30. The third-order valence-corrected chi connectivity index (χ3v) is 4.18. The summed E-state index contributed by atoms with van der Waals surface area (Å²) >= 11 is 1.48. The van der Waals surface area contributed by atoms with Gasteiger partial charge in [-0.3, -0.25) is 4.79 Å². The fourth-order valence-corrected chi connectivity index (χ4v) is 2.64. The van der Waals surface area contributed by atoms with Gasteiger partial charge in [-0.15, -0.1) is 11.3 Å². The van der Waals surface area contributed by atoms with Crippen molar-refractivity contribution in [1.82, 2.24) is 5.32 Å². The van der Waals surface area contributed by atoms with Gasteiger partial charge in [-0.1, -0.05) is 6.07 Å². The highest BCUT2D eigenvalue weighted by molar-refractivity contribution is 7.10. The maximum atomic E-state index is 12.4. The fraction of sp³-hybridized carbons (Fsp3) is 0.250. The van der Waals surface area contributed by atoms with Gasteiger partial charge >= 0.3 is 12.1 Å². The third kappa shape index (κ3) is 4.82. The SMILES string of the molecule is C[C@H](NC(=O)COC(=O)c1ccc(C(F)(F)F)cc1)c1cccs1. The number of carbonyl (C=O) groups is 2. The van der Waals surface area contributed by atoms with E-state index in [1.807, 2.05) is 17.5 Å². The number of esters is 1. The molecular weight excluding hydrogens is 343 g/mol. The summed E-state index contributed by atoms with van der Waals surface area (Å²) in [7, 11) is 0. The number of benzene rings is 1. The molecule has 1 heterocycles. The van der Waals surface area contributed by atoms with Gasteiger partial charge in [0.15, 0.2) is 6.61 Å². The van der Waals surface area contributed by atoms with Gasteiger partial charge in [0.1, 0.15) is 0 Å². The molecule has 2 aromatic rings. The maximum absolute atomic E-state index is 12.4. The summed E-state index contributed by atoms with van der Waals surface area (Å²) in [5.41, 5.74) is -0.913. The number of carbonyl (C=O) groups excluding carboxylic acids is 2. The Bertz CT molecular complexity index is 696. The molecule has 0 bridgehead atoms. The van der Waals surface area contributed by atoms with Crippen LogP contribution in [0, 0.1) is 0 Å². The van der Waals surface area contributed by atoms with Gasteiger partial charge in [-0.05, 0) is 42.6 Å². The van der Waals surface area contributed by atoms with Crippen LogP contribution in [0.4, 0.5) is 13.2 Å². The van der Waals surface area contributed by atoms with E-state index in [0.717, 1.165) is 29.1 Å². The average molecular weight is 357 g/mol. The van der Waals surface area contributed by atoms with Gasteiger partial charge in [0.2, 0.25) is 0 Å². The van der Waals surface area contributed by atoms with Crippen LogP contribution in [0.1, 0.15) is 33.8 Å². The first-order valence-electron chi connectivity index (χ1n) is 6.94. The van der Waals surface area contributed by atoms with E-state index in [1.54, 1.807) is 6.92 Å². The number of ether oxygens (including phenoxy) is 1. The molecule has 4 nitrogen and oxygen atoms in total. The topological polar surface area (TPSA) is 55.4 Å². The second kappa shape index (κ2) is 7.48. The van der Waals surface area contributed by atoms with E-state index in [1.165, 1.54) is 11.3 Å². The van der Waals surface area contributed by atoms with Gasteiger partial charge in [0.05, 0.1) is 17.2 Å². The van der Waals surface area contributed by atoms with E-state index in [-0.39, 0.29) is 11.6 Å². The normalized spacial score (nSPS) is 12.5. The van der Waals surface area contributed by atoms with E-state index >= 15 is 0 Å². The molecule has 0 saturated heterocycles. The lowest BCUT2D eigenvalue weighted by Crippen LogP contribution is -2.30. The van der Waals surface area contributed by atoms with Crippen LogP contribution in [0.3, 0.4) is 0 Å². The van der Waals surface area contributed by atoms with Crippen molar-refractivity contribution in [3.05, 3.63) is 57.8 Å². The van der Waals surface area contributed by atoms with Gasteiger partial charge in [-0.25, -0.2) is 4.79 Å². The molecule has 1 N–H and O–H groups in total. The summed E-state index contributed by atoms with van der Waals surface area (Å²) in [6.45, 7) is 1.29. The lowest BCUT2D eigenvalue weighted by molar-refractivity contribution is -0.137. The van der Waals surface area contributed by atoms with E-state index in [2.05, 4.69) is 5.32 Å². The van der Waals surface area contributed by atoms with Crippen molar-refractivity contribution in [2.24, 2.45) is 0 Å². The molecule has 1 amide bonds. The van der Waals surface area contributed by atoms with Gasteiger partial charge in [0, 0.05) is 4.88 Å². The molecule has 1 atom stereocenters. The molecule has 0 saturated carbocycles. The molecule has 128 valence electrons. The number of hydrogen-bond acceptors (Lipinski definition) is 4. The standard InChI is InChI=1S/C16H14F3NO3S/c1-10(13-3-2-8-24-13)20-14(21)9-23-15(22)11-4-6-12(7-5-11)16(17,18)19/h2-8,10H,9H2,1H3,(H,20,21)/t10-/m0/s1. The molecule has 8 heteroatoms. The molecule has 24 heavy (non-hydrogen) atoms. The third-order valence-electron chi connectivity index (χ3n) is 3.13. The van der Waals surface area contributed by atoms with Crippen LogP contribution >= 0.6 is 11.3 Å². The highest BCUT2D eigenvalue weighted by Crippen LogP contribution is 2.29. The van der Waals surface area contributed by atoms with Crippen LogP contribution in [0.2, 0.25) is 0 Å². The van der Waals surface area contributed by atoms with Gasteiger partial charge in [0.25, 0.3) is 5.91 Å². The number of nitrogens with one attached hydrogen (secondary N) is 1. The molecule has 0 aliphatic rings. The van der Waals surface area contributed by atoms with Crippen LogP contribution < -0.4 is 5.32 Å². The van der Waals surface area contributed by atoms with Gasteiger partial charge < -0.3 is 10.1 Å². The van der Waals surface area contributed by atoms with Crippen molar-refractivity contribution in [1.29, 1.82) is 0 Å². The first kappa shape index (κ1) is 18.0. The molecule has 0 unspecified atom stereocenters. The largest absolute Gasteiger partial charge is 0.452 e. The Morgan fingerprint density at radius 3 is 2.42 bits per heavy atom. The van der Waals surface area contributed by atoms with Crippen LogP contribution in [-0.2, 0) is 15.7 Å². The van der Waals surface area contributed by atoms with E-state index in [9.17, 15) is 22.8 Å². The Morgan fingerprint density at radius 1 is 1.21 bits per heavy atom. The Hall–Kier alpha value is -2.35. The lowest BCUT2D eigenvalue weighted by atomic mass is 10.1. The number of amides is 1. The summed E-state index contributed by atoms with van der Waals surface area (Å²) < 4.78 is 42.1. The molecule has 0 radical (unpaired) electrons. The van der Waals surface area contributed by atoms with E-state index < -0.39 is 30.2 Å². The van der Waals surface area contributed by atoms with Crippen LogP contribution in [0.15, 0.2) is 41.8 Å². The quantitative estimate of drug-likeness (QED) is 0.828. The van der Waals surface area contributed by atoms with Crippen molar-refractivity contribution in [3.63, 3.8) is 0 Å². The van der Waals surface area contributed by atoms with E-state index in [4.69, 9.17) is 4.74 Å². The number of rotatable bonds is 5. The highest BCUT2D eigenvalue weighted by atomic mass is 32.1. The molecule has 0 aliphatic carbocycles. The Kier molecular flexibility index (Phi) is 5.61. The summed E-state index contributed by atoms with van der Waals surface area (Å²) in [5, 5.41) is 4.54. The summed E-state index contributed by atoms with van der Waals surface area (Å²) in [5.74, 6) is -1.35. The molecule has 1 aromatic heterocycles. The Labute approximate surface area is 140 Å². The van der Waals surface area contributed by atoms with Crippen LogP contribution in [0.5, 0.6) is 0 Å². The van der Waals surface area contributed by atoms with Crippen molar-refractivity contribution >= 4 is 23.2 Å². The predicted molar refractivity (Wildman–Crippen MR) is 82.6 cm³/mol. The molecule has 0 aliphatic heterocycles. The molecule has 2 rings (SSSR count). The van der Waals surface area contributed by atoms with Crippen LogP contribution in [-0.4, -0.2) is 18.5 Å². The number of halogens is 3. The zero-order valence-electron chi connectivity index (χ0n) is 12.6. The molecule has 0 fully saturated rings. The second-order valence-electron chi connectivity index (χ2n) is 4.96. The smallest absolute Gasteiger partial charge is 0.416 e. The van der Waals surface area contributed by atoms with Crippen molar-refractivity contribution in [2.75, 3.05) is 6.61 Å². The fourth-order valence-electron chi connectivity index (χ4n) is 1.90. The second-order valence-corrected chi connectivity index (χ2v) is 5.94. The monoisotopic (exact) mass is 357 g/mol. The first-order valence-corrected chi connectivity index (χ1v) is 7.82. The molecule has 0 spiro atoms. The Balaban J connectivity index is 1.85. The van der Waals surface area contributed by atoms with Crippen molar-refractivity contribution in [3.8, 4) is 0 Å². The zero-order chi connectivity index (χ0) is 17.7. The minimum Gasteiger partial charge on any atom is -0.452 e. The van der Waals surface area contributed by atoms with Crippen molar-refractivity contribution < 1.29 is 27.5 Å². The average Bonchev–Trinajstić information content (AvgIpc) is 3.06. The number of hydrogen-bond donors (Lipinski definition) is 1. The lowest BCUT2D eigenvalue weighted by Gasteiger charge is -2.12. The zero-order valence-corrected chi connectivity index (χ0v) is 13.4. The van der Waals surface area contributed by atoms with Crippen molar-refractivity contribution in [2.45, 2.75) is 19.1 Å². The minimum atomic E-state index is -4.47. The summed E-state index contributed by atoms with van der Waals surface area (Å²) in [6, 6.07) is 7.10. The molecular formula is C16H14F3NO3S.